The Hall–Kier alpha value is -6.64. The predicted octanol–water partition coefficient (Wildman–Crippen LogP) is 12.1. The van der Waals surface area contributed by atoms with E-state index in [4.69, 9.17) is 9.97 Å². The van der Waals surface area contributed by atoms with Crippen molar-refractivity contribution < 1.29 is 0 Å². The summed E-state index contributed by atoms with van der Waals surface area (Å²) in [6.45, 7) is 0. The molecule has 0 bridgehead atoms. The molecule has 0 unspecified atom stereocenters. The van der Waals surface area contributed by atoms with Gasteiger partial charge in [-0.25, -0.2) is 4.98 Å². The van der Waals surface area contributed by atoms with Crippen molar-refractivity contribution in [2.75, 3.05) is 0 Å². The molecule has 236 valence electrons. The summed E-state index contributed by atoms with van der Waals surface area (Å²) in [5.74, 6) is 0. The number of nitrogens with zero attached hydrogens (tertiary/aromatic N) is 2. The molecule has 2 heteroatoms. The Balaban J connectivity index is 1.18. The maximum atomic E-state index is 5.47. The number of rotatable bonds is 3. The van der Waals surface area contributed by atoms with Gasteiger partial charge in [0.1, 0.15) is 0 Å². The molecule has 2 aliphatic carbocycles. The Kier molecular flexibility index (Phi) is 5.91. The van der Waals surface area contributed by atoms with Crippen LogP contribution in [0.25, 0.3) is 77.6 Å². The molecule has 2 nitrogen and oxygen atoms in total. The molecule has 51 heavy (non-hydrogen) atoms. The summed E-state index contributed by atoms with van der Waals surface area (Å²) in [6, 6.07) is 64.0. The van der Waals surface area contributed by atoms with Gasteiger partial charge in [0.15, 0.2) is 0 Å². The summed E-state index contributed by atoms with van der Waals surface area (Å²) in [6.07, 6.45) is 1.92. The zero-order valence-corrected chi connectivity index (χ0v) is 27.7. The van der Waals surface area contributed by atoms with Crippen LogP contribution in [0.15, 0.2) is 182 Å². The van der Waals surface area contributed by atoms with E-state index in [1.54, 1.807) is 0 Å². The Morgan fingerprint density at radius 1 is 0.333 bits per heavy atom. The lowest BCUT2D eigenvalue weighted by Gasteiger charge is -2.30. The van der Waals surface area contributed by atoms with Crippen LogP contribution in [-0.2, 0) is 5.41 Å². The highest BCUT2D eigenvalue weighted by Gasteiger charge is 2.51. The number of benzene rings is 7. The van der Waals surface area contributed by atoms with Gasteiger partial charge < -0.3 is 0 Å². The van der Waals surface area contributed by atoms with Gasteiger partial charge in [-0.05, 0) is 85.0 Å². The molecular formula is C49H30N2. The summed E-state index contributed by atoms with van der Waals surface area (Å²) >= 11 is 0. The van der Waals surface area contributed by atoms with E-state index in [-0.39, 0.29) is 5.41 Å². The van der Waals surface area contributed by atoms with Crippen LogP contribution in [-0.4, -0.2) is 9.97 Å². The van der Waals surface area contributed by atoms with Crippen molar-refractivity contribution in [3.8, 4) is 55.8 Å². The normalized spacial score (nSPS) is 13.3. The van der Waals surface area contributed by atoms with Crippen LogP contribution in [0.5, 0.6) is 0 Å². The Labute approximate surface area is 296 Å². The van der Waals surface area contributed by atoms with E-state index in [0.29, 0.717) is 0 Å². The van der Waals surface area contributed by atoms with Crippen molar-refractivity contribution in [1.29, 1.82) is 0 Å². The molecule has 0 radical (unpaired) electrons. The first-order valence-electron chi connectivity index (χ1n) is 17.6. The molecule has 2 aromatic heterocycles. The maximum absolute atomic E-state index is 5.47. The monoisotopic (exact) mass is 646 g/mol. The predicted molar refractivity (Wildman–Crippen MR) is 210 cm³/mol. The van der Waals surface area contributed by atoms with E-state index in [0.717, 1.165) is 49.8 Å². The maximum Gasteiger partial charge on any atom is 0.0978 e. The van der Waals surface area contributed by atoms with Gasteiger partial charge in [0, 0.05) is 22.5 Å². The molecule has 7 aromatic carbocycles. The van der Waals surface area contributed by atoms with Crippen LogP contribution in [0, 0.1) is 0 Å². The van der Waals surface area contributed by atoms with E-state index >= 15 is 0 Å². The zero-order chi connectivity index (χ0) is 33.5. The molecule has 0 aliphatic heterocycles. The van der Waals surface area contributed by atoms with Gasteiger partial charge >= 0.3 is 0 Å². The number of hydrogen-bond acceptors (Lipinski definition) is 2. The SMILES string of the molecule is c1ccc(-c2ccnc3c2ccc2c(-c4ccccc4)cc(-c4ccc5c(c4)-c4ccccc4C54c5ccccc5-c5ccccc54)nc23)cc1. The smallest absolute Gasteiger partial charge is 0.0978 e. The van der Waals surface area contributed by atoms with Crippen molar-refractivity contribution in [1.82, 2.24) is 9.97 Å². The summed E-state index contributed by atoms with van der Waals surface area (Å²) in [4.78, 5) is 10.5. The van der Waals surface area contributed by atoms with Crippen LogP contribution < -0.4 is 0 Å². The molecule has 0 atom stereocenters. The first-order valence-corrected chi connectivity index (χ1v) is 17.6. The molecule has 2 heterocycles. The molecule has 0 saturated heterocycles. The summed E-state index contributed by atoms with van der Waals surface area (Å²) < 4.78 is 0. The van der Waals surface area contributed by atoms with Crippen LogP contribution in [0.1, 0.15) is 22.3 Å². The van der Waals surface area contributed by atoms with Crippen LogP contribution in [0.2, 0.25) is 0 Å². The molecule has 9 aromatic rings. The first-order chi connectivity index (χ1) is 25.3. The van der Waals surface area contributed by atoms with Gasteiger partial charge in [0.25, 0.3) is 0 Å². The molecule has 0 N–H and O–H groups in total. The second-order valence-electron chi connectivity index (χ2n) is 13.7. The lowest BCUT2D eigenvalue weighted by Crippen LogP contribution is -2.25. The molecule has 0 amide bonds. The minimum absolute atomic E-state index is 0.363. The molecule has 1 spiro atoms. The fourth-order valence-electron chi connectivity index (χ4n) is 9.03. The van der Waals surface area contributed by atoms with Gasteiger partial charge in [-0.15, -0.1) is 0 Å². The second-order valence-corrected chi connectivity index (χ2v) is 13.7. The third kappa shape index (κ3) is 3.87. The van der Waals surface area contributed by atoms with Crippen LogP contribution in [0.3, 0.4) is 0 Å². The van der Waals surface area contributed by atoms with Crippen LogP contribution >= 0.6 is 0 Å². The van der Waals surface area contributed by atoms with E-state index in [9.17, 15) is 0 Å². The highest BCUT2D eigenvalue weighted by atomic mass is 14.8. The third-order valence-corrected chi connectivity index (χ3v) is 11.2. The minimum atomic E-state index is -0.363. The van der Waals surface area contributed by atoms with E-state index in [2.05, 4.69) is 176 Å². The van der Waals surface area contributed by atoms with Gasteiger partial charge in [-0.1, -0.05) is 158 Å². The van der Waals surface area contributed by atoms with Crippen molar-refractivity contribution >= 4 is 21.8 Å². The number of aromatic nitrogens is 2. The lowest BCUT2D eigenvalue weighted by molar-refractivity contribution is 0.794. The minimum Gasteiger partial charge on any atom is -0.254 e. The second kappa shape index (κ2) is 10.7. The Morgan fingerprint density at radius 3 is 1.47 bits per heavy atom. The Morgan fingerprint density at radius 2 is 0.843 bits per heavy atom. The Bertz CT molecular complexity index is 2810. The van der Waals surface area contributed by atoms with Crippen molar-refractivity contribution in [2.24, 2.45) is 0 Å². The molecular weight excluding hydrogens is 617 g/mol. The largest absolute Gasteiger partial charge is 0.254 e. The van der Waals surface area contributed by atoms with E-state index in [1.165, 1.54) is 50.1 Å². The average molecular weight is 647 g/mol. The third-order valence-electron chi connectivity index (χ3n) is 11.2. The number of pyridine rings is 2. The topological polar surface area (TPSA) is 25.8 Å². The average Bonchev–Trinajstić information content (AvgIpc) is 3.68. The number of hydrogen-bond donors (Lipinski definition) is 0. The number of fused-ring (bicyclic) bond motifs is 13. The molecule has 11 rings (SSSR count). The molecule has 2 aliphatic rings. The van der Waals surface area contributed by atoms with Crippen molar-refractivity contribution in [2.45, 2.75) is 5.41 Å². The zero-order valence-electron chi connectivity index (χ0n) is 27.7. The van der Waals surface area contributed by atoms with Gasteiger partial charge in [0.05, 0.1) is 22.1 Å². The fraction of sp³-hybridized carbons (Fsp3) is 0.0204. The van der Waals surface area contributed by atoms with Crippen LogP contribution in [0.4, 0.5) is 0 Å². The summed E-state index contributed by atoms with van der Waals surface area (Å²) in [5, 5.41) is 2.20. The first kappa shape index (κ1) is 28.2. The quantitative estimate of drug-likeness (QED) is 0.179. The highest BCUT2D eigenvalue weighted by Crippen LogP contribution is 2.63. The van der Waals surface area contributed by atoms with E-state index in [1.807, 2.05) is 6.20 Å². The van der Waals surface area contributed by atoms with Gasteiger partial charge in [-0.3, -0.25) is 4.98 Å². The molecule has 0 saturated carbocycles. The highest BCUT2D eigenvalue weighted by molar-refractivity contribution is 6.12. The van der Waals surface area contributed by atoms with E-state index < -0.39 is 0 Å². The summed E-state index contributed by atoms with van der Waals surface area (Å²) in [5.41, 5.74) is 18.7. The standard InChI is InChI=1S/C49H30N2/c1-3-13-31(14-4-1)34-27-28-50-47-38(34)24-25-39-40(32-15-5-2-6-16-32)30-46(51-48(39)47)33-23-26-45-41(29-33)37-19-9-12-22-44(37)49(45)42-20-10-7-17-35(42)36-18-8-11-21-43(36)49/h1-30H. The lowest BCUT2D eigenvalue weighted by atomic mass is 9.70. The van der Waals surface area contributed by atoms with Crippen molar-refractivity contribution in [3.05, 3.63) is 204 Å². The van der Waals surface area contributed by atoms with Gasteiger partial charge in [-0.2, -0.15) is 0 Å². The summed E-state index contributed by atoms with van der Waals surface area (Å²) in [7, 11) is 0. The fourth-order valence-corrected chi connectivity index (χ4v) is 9.03. The van der Waals surface area contributed by atoms with Gasteiger partial charge in [0.2, 0.25) is 0 Å². The van der Waals surface area contributed by atoms with Crippen molar-refractivity contribution in [3.63, 3.8) is 0 Å². The molecule has 0 fully saturated rings.